The van der Waals surface area contributed by atoms with Crippen molar-refractivity contribution >= 4 is 12.0 Å². The van der Waals surface area contributed by atoms with Crippen molar-refractivity contribution in [3.63, 3.8) is 0 Å². The van der Waals surface area contributed by atoms with Crippen LogP contribution in [0, 0.1) is 5.41 Å². The predicted molar refractivity (Wildman–Crippen MR) is 76.8 cm³/mol. The molecule has 8 nitrogen and oxygen atoms in total. The minimum Gasteiger partial charge on any atom is -0.481 e. The Balaban J connectivity index is 2.25. The molecule has 0 aromatic carbocycles. The molecule has 8 heteroatoms. The Morgan fingerprint density at radius 2 is 2.05 bits per heavy atom. The third-order valence-corrected chi connectivity index (χ3v) is 3.74. The van der Waals surface area contributed by atoms with Crippen LogP contribution in [-0.4, -0.2) is 45.4 Å². The lowest BCUT2D eigenvalue weighted by molar-refractivity contribution is -0.149. The summed E-state index contributed by atoms with van der Waals surface area (Å²) in [6, 6.07) is -0.347. The SMILES string of the molecule is CCC(CC)(CNC(=O)NCCCc1ncn[nH]1)C(=O)O. The number of nitrogens with zero attached hydrogens (tertiary/aromatic N) is 2. The molecule has 4 N–H and O–H groups in total. The van der Waals surface area contributed by atoms with E-state index in [4.69, 9.17) is 0 Å². The van der Waals surface area contributed by atoms with Gasteiger partial charge in [0, 0.05) is 19.5 Å². The van der Waals surface area contributed by atoms with E-state index in [1.165, 1.54) is 6.33 Å². The van der Waals surface area contributed by atoms with E-state index < -0.39 is 11.4 Å². The van der Waals surface area contributed by atoms with Crippen LogP contribution in [0.15, 0.2) is 6.33 Å². The predicted octanol–water partition coefficient (Wildman–Crippen LogP) is 0.927. The van der Waals surface area contributed by atoms with E-state index in [1.807, 2.05) is 13.8 Å². The summed E-state index contributed by atoms with van der Waals surface area (Å²) in [5.41, 5.74) is -0.892. The third kappa shape index (κ3) is 5.05. The van der Waals surface area contributed by atoms with Crippen LogP contribution < -0.4 is 10.6 Å². The number of aliphatic carboxylic acids is 1. The molecule has 1 heterocycles. The highest BCUT2D eigenvalue weighted by molar-refractivity contribution is 5.78. The molecule has 0 radical (unpaired) electrons. The second-order valence-corrected chi connectivity index (χ2v) is 4.94. The van der Waals surface area contributed by atoms with Crippen molar-refractivity contribution in [3.05, 3.63) is 12.2 Å². The molecule has 0 saturated heterocycles. The zero-order valence-corrected chi connectivity index (χ0v) is 12.5. The standard InChI is InChI=1S/C13H23N5O3/c1-3-13(4-2,11(19)20)8-15-12(21)14-7-5-6-10-16-9-17-18-10/h9H,3-8H2,1-2H3,(H,19,20)(H2,14,15,21)(H,16,17,18). The Hall–Kier alpha value is -2.12. The maximum absolute atomic E-state index is 11.7. The molecule has 21 heavy (non-hydrogen) atoms. The molecule has 1 aromatic heterocycles. The summed E-state index contributed by atoms with van der Waals surface area (Å²) in [5, 5.41) is 21.1. The van der Waals surface area contributed by atoms with Gasteiger partial charge in [-0.25, -0.2) is 9.78 Å². The maximum Gasteiger partial charge on any atom is 0.314 e. The number of amides is 2. The molecule has 118 valence electrons. The fourth-order valence-corrected chi connectivity index (χ4v) is 2.00. The number of hydrogen-bond donors (Lipinski definition) is 4. The minimum absolute atomic E-state index is 0.128. The van der Waals surface area contributed by atoms with Crippen molar-refractivity contribution in [2.45, 2.75) is 39.5 Å². The number of carbonyl (C=O) groups is 2. The molecule has 2 amide bonds. The molecule has 0 aliphatic rings. The second kappa shape index (κ2) is 8.23. The number of aromatic nitrogens is 3. The van der Waals surface area contributed by atoms with Crippen LogP contribution in [-0.2, 0) is 11.2 Å². The fraction of sp³-hybridized carbons (Fsp3) is 0.692. The molecule has 0 fully saturated rings. The molecule has 1 rings (SSSR count). The van der Waals surface area contributed by atoms with Gasteiger partial charge in [-0.05, 0) is 19.3 Å². The lowest BCUT2D eigenvalue weighted by Gasteiger charge is -2.26. The highest BCUT2D eigenvalue weighted by Gasteiger charge is 2.35. The Kier molecular flexibility index (Phi) is 6.64. The smallest absolute Gasteiger partial charge is 0.314 e. The van der Waals surface area contributed by atoms with Crippen LogP contribution in [0.3, 0.4) is 0 Å². The van der Waals surface area contributed by atoms with Gasteiger partial charge in [0.25, 0.3) is 0 Å². The highest BCUT2D eigenvalue weighted by Crippen LogP contribution is 2.25. The van der Waals surface area contributed by atoms with Crippen molar-refractivity contribution < 1.29 is 14.7 Å². The first-order valence-electron chi connectivity index (χ1n) is 7.13. The van der Waals surface area contributed by atoms with E-state index in [9.17, 15) is 14.7 Å². The van der Waals surface area contributed by atoms with Gasteiger partial charge >= 0.3 is 12.0 Å². The van der Waals surface area contributed by atoms with Crippen LogP contribution in [0.1, 0.15) is 38.9 Å². The van der Waals surface area contributed by atoms with Gasteiger partial charge < -0.3 is 15.7 Å². The number of carboxylic acids is 1. The van der Waals surface area contributed by atoms with Crippen LogP contribution in [0.5, 0.6) is 0 Å². The zero-order chi connectivity index (χ0) is 15.7. The zero-order valence-electron chi connectivity index (χ0n) is 12.5. The summed E-state index contributed by atoms with van der Waals surface area (Å²) < 4.78 is 0. The summed E-state index contributed by atoms with van der Waals surface area (Å²) >= 11 is 0. The number of hydrogen-bond acceptors (Lipinski definition) is 4. The molecule has 0 aliphatic heterocycles. The van der Waals surface area contributed by atoms with Crippen molar-refractivity contribution in [3.8, 4) is 0 Å². The molecule has 0 aliphatic carbocycles. The molecule has 0 bridgehead atoms. The first-order chi connectivity index (χ1) is 10.0. The van der Waals surface area contributed by atoms with Gasteiger partial charge in [-0.3, -0.25) is 9.89 Å². The Morgan fingerprint density at radius 3 is 2.57 bits per heavy atom. The minimum atomic E-state index is -0.892. The highest BCUT2D eigenvalue weighted by atomic mass is 16.4. The molecule has 0 unspecified atom stereocenters. The summed E-state index contributed by atoms with van der Waals surface area (Å²) in [6.07, 6.45) is 3.82. The lowest BCUT2D eigenvalue weighted by Crippen LogP contribution is -2.46. The quantitative estimate of drug-likeness (QED) is 0.505. The molecular weight excluding hydrogens is 274 g/mol. The monoisotopic (exact) mass is 297 g/mol. The van der Waals surface area contributed by atoms with E-state index in [0.717, 1.165) is 12.2 Å². The summed E-state index contributed by atoms with van der Waals surface area (Å²) in [5.74, 6) is -0.0998. The van der Waals surface area contributed by atoms with Gasteiger partial charge in [-0.2, -0.15) is 5.10 Å². The third-order valence-electron chi connectivity index (χ3n) is 3.74. The van der Waals surface area contributed by atoms with Gasteiger partial charge in [0.05, 0.1) is 5.41 Å². The van der Waals surface area contributed by atoms with Gasteiger partial charge in [-0.1, -0.05) is 13.8 Å². The molecule has 0 spiro atoms. The number of nitrogens with one attached hydrogen (secondary N) is 3. The van der Waals surface area contributed by atoms with Gasteiger partial charge in [0.1, 0.15) is 12.2 Å². The number of carbonyl (C=O) groups excluding carboxylic acids is 1. The summed E-state index contributed by atoms with van der Waals surface area (Å²) in [4.78, 5) is 26.9. The lowest BCUT2D eigenvalue weighted by atomic mass is 9.82. The van der Waals surface area contributed by atoms with Crippen molar-refractivity contribution in [2.24, 2.45) is 5.41 Å². The van der Waals surface area contributed by atoms with Gasteiger partial charge in [0.15, 0.2) is 0 Å². The number of H-pyrrole nitrogens is 1. The first kappa shape index (κ1) is 16.9. The van der Waals surface area contributed by atoms with Crippen LogP contribution >= 0.6 is 0 Å². The van der Waals surface area contributed by atoms with Crippen molar-refractivity contribution in [1.82, 2.24) is 25.8 Å². The van der Waals surface area contributed by atoms with Crippen LogP contribution in [0.4, 0.5) is 4.79 Å². The van der Waals surface area contributed by atoms with Crippen LogP contribution in [0.2, 0.25) is 0 Å². The number of aryl methyl sites for hydroxylation is 1. The van der Waals surface area contributed by atoms with Crippen LogP contribution in [0.25, 0.3) is 0 Å². The van der Waals surface area contributed by atoms with Crippen molar-refractivity contribution in [2.75, 3.05) is 13.1 Å². The Bertz CT molecular complexity index is 443. The first-order valence-corrected chi connectivity index (χ1v) is 7.13. The molecular formula is C13H23N5O3. The maximum atomic E-state index is 11.7. The van der Waals surface area contributed by atoms with E-state index in [0.29, 0.717) is 25.8 Å². The average Bonchev–Trinajstić information content (AvgIpc) is 2.98. The number of urea groups is 1. The van der Waals surface area contributed by atoms with E-state index in [1.54, 1.807) is 0 Å². The summed E-state index contributed by atoms with van der Waals surface area (Å²) in [6.45, 7) is 4.25. The summed E-state index contributed by atoms with van der Waals surface area (Å²) in [7, 11) is 0. The molecule has 1 aromatic rings. The topological polar surface area (TPSA) is 120 Å². The second-order valence-electron chi connectivity index (χ2n) is 4.94. The Labute approximate surface area is 123 Å². The van der Waals surface area contributed by atoms with E-state index in [-0.39, 0.29) is 12.6 Å². The van der Waals surface area contributed by atoms with E-state index in [2.05, 4.69) is 25.8 Å². The van der Waals surface area contributed by atoms with E-state index >= 15 is 0 Å². The fourth-order valence-electron chi connectivity index (χ4n) is 2.00. The van der Waals surface area contributed by atoms with Gasteiger partial charge in [-0.15, -0.1) is 0 Å². The number of aromatic amines is 1. The van der Waals surface area contributed by atoms with Crippen molar-refractivity contribution in [1.29, 1.82) is 0 Å². The molecule has 0 saturated carbocycles. The number of rotatable bonds is 9. The normalized spacial score (nSPS) is 11.1. The van der Waals surface area contributed by atoms with Gasteiger partial charge in [0.2, 0.25) is 0 Å². The average molecular weight is 297 g/mol. The molecule has 0 atom stereocenters. The number of carboxylic acid groups (broad SMARTS) is 1. The Morgan fingerprint density at radius 1 is 1.33 bits per heavy atom. The largest absolute Gasteiger partial charge is 0.481 e.